The lowest BCUT2D eigenvalue weighted by Gasteiger charge is -2.11. The Labute approximate surface area is 113 Å². The van der Waals surface area contributed by atoms with Crippen LogP contribution in [-0.2, 0) is 5.88 Å². The molecule has 0 atom stereocenters. The number of rotatable bonds is 3. The predicted octanol–water partition coefficient (Wildman–Crippen LogP) is 4.94. The van der Waals surface area contributed by atoms with E-state index in [9.17, 15) is 13.2 Å². The third kappa shape index (κ3) is 3.01. The van der Waals surface area contributed by atoms with Gasteiger partial charge >= 0.3 is 0 Å². The first-order valence-corrected chi connectivity index (χ1v) is 6.02. The van der Waals surface area contributed by atoms with Gasteiger partial charge in [0.1, 0.15) is 11.6 Å². The standard InChI is InChI=1S/C14H10ClF3O/c1-8-2-3-10(16)6-13(8)19-14-11(17)4-9(7-15)5-12(14)18/h2-6H,7H2,1H3. The molecule has 0 heterocycles. The summed E-state index contributed by atoms with van der Waals surface area (Å²) >= 11 is 5.51. The normalized spacial score (nSPS) is 10.6. The Hall–Kier alpha value is -1.68. The summed E-state index contributed by atoms with van der Waals surface area (Å²) in [7, 11) is 0. The lowest BCUT2D eigenvalue weighted by Crippen LogP contribution is -1.96. The van der Waals surface area contributed by atoms with Crippen LogP contribution in [0.5, 0.6) is 11.5 Å². The minimum absolute atomic E-state index is 0.00683. The first-order valence-electron chi connectivity index (χ1n) is 5.49. The molecule has 2 aromatic rings. The van der Waals surface area contributed by atoms with Gasteiger partial charge in [0.2, 0.25) is 0 Å². The molecule has 0 aromatic heterocycles. The van der Waals surface area contributed by atoms with Gasteiger partial charge in [0.25, 0.3) is 0 Å². The highest BCUT2D eigenvalue weighted by Crippen LogP contribution is 2.31. The molecule has 2 rings (SSSR count). The molecule has 0 radical (unpaired) electrons. The number of alkyl halides is 1. The number of halogens is 4. The summed E-state index contributed by atoms with van der Waals surface area (Å²) in [6, 6.07) is 5.95. The van der Waals surface area contributed by atoms with Crippen LogP contribution in [0.15, 0.2) is 30.3 Å². The molecule has 1 nitrogen and oxygen atoms in total. The average molecular weight is 287 g/mol. The molecule has 0 saturated heterocycles. The minimum Gasteiger partial charge on any atom is -0.451 e. The molecule has 0 saturated carbocycles. The van der Waals surface area contributed by atoms with E-state index in [2.05, 4.69) is 0 Å². The molecular formula is C14H10ClF3O. The summed E-state index contributed by atoms with van der Waals surface area (Å²) in [6.45, 7) is 1.65. The molecule has 0 aliphatic carbocycles. The van der Waals surface area contributed by atoms with Crippen molar-refractivity contribution in [3.8, 4) is 11.5 Å². The van der Waals surface area contributed by atoms with Crippen LogP contribution in [0.4, 0.5) is 13.2 Å². The maximum Gasteiger partial charge on any atom is 0.198 e. The van der Waals surface area contributed by atoms with Crippen LogP contribution in [0.25, 0.3) is 0 Å². The molecule has 0 unspecified atom stereocenters. The number of hydrogen-bond acceptors (Lipinski definition) is 1. The molecule has 0 fully saturated rings. The van der Waals surface area contributed by atoms with Crippen LogP contribution >= 0.6 is 11.6 Å². The van der Waals surface area contributed by atoms with Crippen molar-refractivity contribution in [1.82, 2.24) is 0 Å². The zero-order valence-corrected chi connectivity index (χ0v) is 10.8. The summed E-state index contributed by atoms with van der Waals surface area (Å²) in [6.07, 6.45) is 0. The van der Waals surface area contributed by atoms with Crippen LogP contribution in [0.3, 0.4) is 0 Å². The Morgan fingerprint density at radius 3 is 2.26 bits per heavy atom. The molecule has 2 aromatic carbocycles. The van der Waals surface area contributed by atoms with Gasteiger partial charge in [0, 0.05) is 11.9 Å². The summed E-state index contributed by atoms with van der Waals surface area (Å²) in [5.41, 5.74) is 0.876. The van der Waals surface area contributed by atoms with E-state index in [1.165, 1.54) is 12.1 Å². The Morgan fingerprint density at radius 2 is 1.68 bits per heavy atom. The Morgan fingerprint density at radius 1 is 1.05 bits per heavy atom. The van der Waals surface area contributed by atoms with Crippen molar-refractivity contribution in [2.75, 3.05) is 0 Å². The van der Waals surface area contributed by atoms with Crippen molar-refractivity contribution < 1.29 is 17.9 Å². The number of aryl methyl sites for hydroxylation is 1. The molecule has 100 valence electrons. The van der Waals surface area contributed by atoms with Gasteiger partial charge in [0.15, 0.2) is 17.4 Å². The number of hydrogen-bond donors (Lipinski definition) is 0. The first-order chi connectivity index (χ1) is 9.01. The highest BCUT2D eigenvalue weighted by Gasteiger charge is 2.14. The van der Waals surface area contributed by atoms with Crippen molar-refractivity contribution in [2.45, 2.75) is 12.8 Å². The molecule has 5 heteroatoms. The number of benzene rings is 2. The van der Waals surface area contributed by atoms with Crippen LogP contribution in [0.2, 0.25) is 0 Å². The Balaban J connectivity index is 2.41. The minimum atomic E-state index is -0.876. The van der Waals surface area contributed by atoms with Crippen molar-refractivity contribution in [3.05, 3.63) is 58.9 Å². The molecule has 19 heavy (non-hydrogen) atoms. The average Bonchev–Trinajstić information content (AvgIpc) is 2.37. The van der Waals surface area contributed by atoms with E-state index in [4.69, 9.17) is 16.3 Å². The lowest BCUT2D eigenvalue weighted by molar-refractivity contribution is 0.402. The second-order valence-corrected chi connectivity index (χ2v) is 4.30. The van der Waals surface area contributed by atoms with Gasteiger partial charge in [-0.15, -0.1) is 11.6 Å². The van der Waals surface area contributed by atoms with Gasteiger partial charge in [-0.05, 0) is 36.2 Å². The maximum atomic E-state index is 13.7. The fourth-order valence-electron chi connectivity index (χ4n) is 1.58. The van der Waals surface area contributed by atoms with E-state index < -0.39 is 23.2 Å². The van der Waals surface area contributed by atoms with Crippen LogP contribution in [0.1, 0.15) is 11.1 Å². The van der Waals surface area contributed by atoms with E-state index in [-0.39, 0.29) is 11.6 Å². The smallest absolute Gasteiger partial charge is 0.198 e. The summed E-state index contributed by atoms with van der Waals surface area (Å²) in [4.78, 5) is 0. The molecule has 0 aliphatic rings. The molecule has 0 spiro atoms. The predicted molar refractivity (Wildman–Crippen MR) is 67.1 cm³/mol. The molecule has 0 aliphatic heterocycles. The van der Waals surface area contributed by atoms with Gasteiger partial charge in [-0.3, -0.25) is 0 Å². The van der Waals surface area contributed by atoms with Crippen LogP contribution < -0.4 is 4.74 Å². The Kier molecular flexibility index (Phi) is 4.00. The van der Waals surface area contributed by atoms with E-state index in [1.807, 2.05) is 0 Å². The third-order valence-electron chi connectivity index (χ3n) is 2.57. The SMILES string of the molecule is Cc1ccc(F)cc1Oc1c(F)cc(CCl)cc1F. The second kappa shape index (κ2) is 5.53. The largest absolute Gasteiger partial charge is 0.451 e. The third-order valence-corrected chi connectivity index (χ3v) is 2.88. The highest BCUT2D eigenvalue weighted by atomic mass is 35.5. The van der Waals surface area contributed by atoms with E-state index in [0.29, 0.717) is 11.1 Å². The van der Waals surface area contributed by atoms with Crippen molar-refractivity contribution in [1.29, 1.82) is 0 Å². The van der Waals surface area contributed by atoms with Crippen LogP contribution in [0, 0.1) is 24.4 Å². The highest BCUT2D eigenvalue weighted by molar-refractivity contribution is 6.17. The van der Waals surface area contributed by atoms with E-state index in [1.54, 1.807) is 6.92 Å². The fraction of sp³-hybridized carbons (Fsp3) is 0.143. The summed E-state index contributed by atoms with van der Waals surface area (Å²) in [5, 5.41) is 0. The summed E-state index contributed by atoms with van der Waals surface area (Å²) < 4.78 is 45.6. The zero-order valence-electron chi connectivity index (χ0n) is 10.0. The number of ether oxygens (including phenoxy) is 1. The van der Waals surface area contributed by atoms with Gasteiger partial charge in [0.05, 0.1) is 0 Å². The van der Waals surface area contributed by atoms with Gasteiger partial charge in [-0.25, -0.2) is 13.2 Å². The topological polar surface area (TPSA) is 9.23 Å². The maximum absolute atomic E-state index is 13.7. The molecule has 0 bridgehead atoms. The molecule has 0 N–H and O–H groups in total. The quantitative estimate of drug-likeness (QED) is 0.726. The molecule has 0 amide bonds. The fourth-order valence-corrected chi connectivity index (χ4v) is 1.74. The molecular weight excluding hydrogens is 277 g/mol. The van der Waals surface area contributed by atoms with Gasteiger partial charge < -0.3 is 4.74 Å². The first kappa shape index (κ1) is 13.7. The van der Waals surface area contributed by atoms with E-state index >= 15 is 0 Å². The van der Waals surface area contributed by atoms with Crippen LogP contribution in [-0.4, -0.2) is 0 Å². The van der Waals surface area contributed by atoms with Crippen molar-refractivity contribution in [3.63, 3.8) is 0 Å². The summed E-state index contributed by atoms with van der Waals surface area (Å²) in [5.74, 6) is -2.80. The second-order valence-electron chi connectivity index (χ2n) is 4.03. The van der Waals surface area contributed by atoms with Crippen molar-refractivity contribution in [2.24, 2.45) is 0 Å². The zero-order chi connectivity index (χ0) is 14.0. The lowest BCUT2D eigenvalue weighted by atomic mass is 10.2. The van der Waals surface area contributed by atoms with Crippen molar-refractivity contribution >= 4 is 11.6 Å². The van der Waals surface area contributed by atoms with Gasteiger partial charge in [-0.1, -0.05) is 6.07 Å². The van der Waals surface area contributed by atoms with Gasteiger partial charge in [-0.2, -0.15) is 0 Å². The van der Waals surface area contributed by atoms with E-state index in [0.717, 1.165) is 18.2 Å². The Bertz CT molecular complexity index is 591. The monoisotopic (exact) mass is 286 g/mol.